The van der Waals surface area contributed by atoms with E-state index >= 15 is 0 Å². The topological polar surface area (TPSA) is 35.5 Å². The molecule has 0 amide bonds. The van der Waals surface area contributed by atoms with Gasteiger partial charge in [0.15, 0.2) is 5.75 Å². The lowest BCUT2D eigenvalue weighted by Gasteiger charge is -2.13. The SMILES string of the molecule is COc1c(Cl)cc(Br)c(OC)c1C(=O)Cl. The van der Waals surface area contributed by atoms with Crippen LogP contribution in [-0.2, 0) is 0 Å². The molecule has 0 unspecified atom stereocenters. The standard InChI is InChI=1S/C9H7BrCl2O3/c1-14-7-4(10)3-5(11)8(15-2)6(7)9(12)13/h3H,1-2H3. The predicted octanol–water partition coefficient (Wildman–Crippen LogP) is 3.50. The fourth-order valence-corrected chi connectivity index (χ4v) is 2.34. The number of halogens is 3. The molecule has 0 saturated carbocycles. The summed E-state index contributed by atoms with van der Waals surface area (Å²) < 4.78 is 10.6. The molecule has 0 atom stereocenters. The van der Waals surface area contributed by atoms with E-state index < -0.39 is 5.24 Å². The second-order valence-electron chi connectivity index (χ2n) is 2.56. The van der Waals surface area contributed by atoms with Crippen LogP contribution in [0.2, 0.25) is 5.02 Å². The summed E-state index contributed by atoms with van der Waals surface area (Å²) in [4.78, 5) is 11.2. The maximum Gasteiger partial charge on any atom is 0.260 e. The Bertz CT molecular complexity index is 379. The summed E-state index contributed by atoms with van der Waals surface area (Å²) in [6.45, 7) is 0. The van der Waals surface area contributed by atoms with Crippen molar-refractivity contribution in [3.8, 4) is 11.5 Å². The largest absolute Gasteiger partial charge is 0.495 e. The lowest BCUT2D eigenvalue weighted by molar-refractivity contribution is 0.107. The summed E-state index contributed by atoms with van der Waals surface area (Å²) in [5.74, 6) is 0.507. The predicted molar refractivity (Wildman–Crippen MR) is 62.4 cm³/mol. The first-order valence-corrected chi connectivity index (χ1v) is 5.37. The van der Waals surface area contributed by atoms with Crippen LogP contribution in [0.15, 0.2) is 10.5 Å². The molecule has 0 spiro atoms. The van der Waals surface area contributed by atoms with Gasteiger partial charge in [-0.15, -0.1) is 0 Å². The fraction of sp³-hybridized carbons (Fsp3) is 0.222. The van der Waals surface area contributed by atoms with Crippen LogP contribution >= 0.6 is 39.1 Å². The van der Waals surface area contributed by atoms with Gasteiger partial charge in [0.25, 0.3) is 5.24 Å². The summed E-state index contributed by atoms with van der Waals surface area (Å²) in [5, 5.41) is -0.402. The van der Waals surface area contributed by atoms with E-state index in [1.165, 1.54) is 14.2 Å². The van der Waals surface area contributed by atoms with Crippen molar-refractivity contribution in [1.82, 2.24) is 0 Å². The molecular formula is C9H7BrCl2O3. The highest BCUT2D eigenvalue weighted by molar-refractivity contribution is 9.10. The van der Waals surface area contributed by atoms with Crippen LogP contribution in [0.5, 0.6) is 11.5 Å². The molecule has 0 N–H and O–H groups in total. The first kappa shape index (κ1) is 12.6. The van der Waals surface area contributed by atoms with Crippen molar-refractivity contribution in [2.45, 2.75) is 0 Å². The van der Waals surface area contributed by atoms with Gasteiger partial charge in [-0.1, -0.05) is 11.6 Å². The van der Waals surface area contributed by atoms with Gasteiger partial charge in [-0.05, 0) is 33.6 Å². The molecule has 0 aliphatic heterocycles. The van der Waals surface area contributed by atoms with Gasteiger partial charge in [-0.3, -0.25) is 4.79 Å². The zero-order valence-corrected chi connectivity index (χ0v) is 11.0. The smallest absolute Gasteiger partial charge is 0.260 e. The number of carbonyl (C=O) groups is 1. The number of rotatable bonds is 3. The van der Waals surface area contributed by atoms with Crippen molar-refractivity contribution >= 4 is 44.4 Å². The van der Waals surface area contributed by atoms with Gasteiger partial charge in [0.1, 0.15) is 11.3 Å². The maximum atomic E-state index is 11.2. The van der Waals surface area contributed by atoms with Crippen LogP contribution in [0, 0.1) is 0 Å². The van der Waals surface area contributed by atoms with Crippen molar-refractivity contribution < 1.29 is 14.3 Å². The summed E-state index contributed by atoms with van der Waals surface area (Å²) in [6.07, 6.45) is 0. The van der Waals surface area contributed by atoms with E-state index in [9.17, 15) is 4.79 Å². The van der Waals surface area contributed by atoms with E-state index in [2.05, 4.69) is 15.9 Å². The Labute approximate surface area is 105 Å². The molecular weight excluding hydrogens is 307 g/mol. The third-order valence-corrected chi connectivity index (χ3v) is 2.80. The molecule has 82 valence electrons. The van der Waals surface area contributed by atoms with E-state index in [4.69, 9.17) is 32.7 Å². The lowest BCUT2D eigenvalue weighted by atomic mass is 10.2. The Morgan fingerprint density at radius 3 is 2.27 bits per heavy atom. The highest BCUT2D eigenvalue weighted by atomic mass is 79.9. The summed E-state index contributed by atoms with van der Waals surface area (Å²) in [7, 11) is 2.83. The molecule has 0 radical (unpaired) electrons. The maximum absolute atomic E-state index is 11.2. The zero-order chi connectivity index (χ0) is 11.6. The minimum Gasteiger partial charge on any atom is -0.495 e. The molecule has 1 aromatic carbocycles. The van der Waals surface area contributed by atoms with Gasteiger partial charge in [-0.2, -0.15) is 0 Å². The molecule has 0 heterocycles. The molecule has 0 saturated heterocycles. The molecule has 6 heteroatoms. The van der Waals surface area contributed by atoms with Gasteiger partial charge < -0.3 is 9.47 Å². The molecule has 1 rings (SSSR count). The van der Waals surface area contributed by atoms with Crippen LogP contribution < -0.4 is 9.47 Å². The molecule has 1 aromatic rings. The Hall–Kier alpha value is -0.450. The monoisotopic (exact) mass is 312 g/mol. The van der Waals surface area contributed by atoms with E-state index in [0.29, 0.717) is 10.2 Å². The normalized spacial score (nSPS) is 9.93. The van der Waals surface area contributed by atoms with Gasteiger partial charge >= 0.3 is 0 Å². The minimum atomic E-state index is -0.688. The van der Waals surface area contributed by atoms with Crippen LogP contribution in [0.25, 0.3) is 0 Å². The first-order chi connectivity index (χ1) is 7.02. The quantitative estimate of drug-likeness (QED) is 0.801. The highest BCUT2D eigenvalue weighted by Crippen LogP contribution is 2.41. The number of benzene rings is 1. The Morgan fingerprint density at radius 1 is 1.33 bits per heavy atom. The van der Waals surface area contributed by atoms with Gasteiger partial charge in [0.2, 0.25) is 0 Å². The van der Waals surface area contributed by atoms with E-state index in [1.807, 2.05) is 0 Å². The Kier molecular flexibility index (Phi) is 4.25. The zero-order valence-electron chi connectivity index (χ0n) is 7.94. The van der Waals surface area contributed by atoms with Crippen molar-refractivity contribution in [2.24, 2.45) is 0 Å². The van der Waals surface area contributed by atoms with Gasteiger partial charge in [0.05, 0.1) is 23.7 Å². The lowest BCUT2D eigenvalue weighted by Crippen LogP contribution is -2.01. The Balaban J connectivity index is 3.58. The molecule has 0 bridgehead atoms. The molecule has 0 aliphatic carbocycles. The van der Waals surface area contributed by atoms with Crippen LogP contribution in [-0.4, -0.2) is 19.5 Å². The number of ether oxygens (including phenoxy) is 2. The second-order valence-corrected chi connectivity index (χ2v) is 4.16. The number of methoxy groups -OCH3 is 2. The van der Waals surface area contributed by atoms with Gasteiger partial charge in [-0.25, -0.2) is 0 Å². The molecule has 0 aliphatic rings. The average molecular weight is 314 g/mol. The summed E-state index contributed by atoms with van der Waals surface area (Å²) in [6, 6.07) is 1.57. The van der Waals surface area contributed by atoms with Gasteiger partial charge in [0, 0.05) is 0 Å². The fourth-order valence-electron chi connectivity index (χ4n) is 1.16. The third-order valence-electron chi connectivity index (χ3n) is 1.75. The van der Waals surface area contributed by atoms with Crippen molar-refractivity contribution in [2.75, 3.05) is 14.2 Å². The summed E-state index contributed by atoms with van der Waals surface area (Å²) >= 11 is 14.5. The van der Waals surface area contributed by atoms with Crippen molar-refractivity contribution in [3.63, 3.8) is 0 Å². The van der Waals surface area contributed by atoms with Crippen LogP contribution in [0.3, 0.4) is 0 Å². The molecule has 0 aromatic heterocycles. The van der Waals surface area contributed by atoms with Crippen LogP contribution in [0.4, 0.5) is 0 Å². The van der Waals surface area contributed by atoms with E-state index in [1.54, 1.807) is 6.07 Å². The summed E-state index contributed by atoms with van der Waals surface area (Å²) in [5.41, 5.74) is 0.112. The Morgan fingerprint density at radius 2 is 1.87 bits per heavy atom. The highest BCUT2D eigenvalue weighted by Gasteiger charge is 2.22. The van der Waals surface area contributed by atoms with Crippen molar-refractivity contribution in [1.29, 1.82) is 0 Å². The van der Waals surface area contributed by atoms with Crippen molar-refractivity contribution in [3.05, 3.63) is 21.1 Å². The number of hydrogen-bond acceptors (Lipinski definition) is 3. The molecule has 0 fully saturated rings. The molecule has 15 heavy (non-hydrogen) atoms. The number of carbonyl (C=O) groups excluding carboxylic acids is 1. The minimum absolute atomic E-state index is 0.112. The second kappa shape index (κ2) is 5.05. The number of hydrogen-bond donors (Lipinski definition) is 0. The first-order valence-electron chi connectivity index (χ1n) is 3.82. The van der Waals surface area contributed by atoms with E-state index in [0.717, 1.165) is 0 Å². The molecule has 3 nitrogen and oxygen atoms in total. The van der Waals surface area contributed by atoms with E-state index in [-0.39, 0.29) is 16.3 Å². The third kappa shape index (κ3) is 2.38. The average Bonchev–Trinajstić information content (AvgIpc) is 2.16. The van der Waals surface area contributed by atoms with Crippen LogP contribution in [0.1, 0.15) is 10.4 Å².